The van der Waals surface area contributed by atoms with Crippen LogP contribution in [0.5, 0.6) is 5.88 Å². The highest BCUT2D eigenvalue weighted by molar-refractivity contribution is 9.10. The van der Waals surface area contributed by atoms with Crippen molar-refractivity contribution >= 4 is 15.9 Å². The molecular weight excluding hydrogens is 306 g/mol. The Bertz CT molecular complexity index is 394. The molecule has 0 saturated heterocycles. The quantitative estimate of drug-likeness (QED) is 0.902. The first kappa shape index (κ1) is 15.3. The molecule has 6 heteroatoms. The number of hydrogen-bond donors (Lipinski definition) is 1. The maximum absolute atomic E-state index is 12.1. The highest BCUT2D eigenvalue weighted by atomic mass is 79.9. The van der Waals surface area contributed by atoms with Crippen molar-refractivity contribution < 1.29 is 13.5 Å². The third-order valence-electron chi connectivity index (χ3n) is 2.05. The number of aromatic nitrogens is 1. The van der Waals surface area contributed by atoms with Crippen LogP contribution in [0.2, 0.25) is 0 Å². The molecule has 0 aliphatic carbocycles. The molecule has 3 nitrogen and oxygen atoms in total. The molecule has 1 aromatic rings. The summed E-state index contributed by atoms with van der Waals surface area (Å²) in [6.07, 6.45) is -0.972. The van der Waals surface area contributed by atoms with E-state index in [9.17, 15) is 8.78 Å². The fourth-order valence-electron chi connectivity index (χ4n) is 1.23. The van der Waals surface area contributed by atoms with Crippen molar-refractivity contribution in [2.45, 2.75) is 39.3 Å². The van der Waals surface area contributed by atoms with E-state index in [1.165, 1.54) is 6.20 Å². The molecular formula is C12H17BrF2N2O. The Morgan fingerprint density at radius 1 is 1.44 bits per heavy atom. The molecule has 0 amide bonds. The molecule has 0 aliphatic heterocycles. The van der Waals surface area contributed by atoms with Gasteiger partial charge in [0.1, 0.15) is 0 Å². The Hall–Kier alpha value is -0.750. The summed E-state index contributed by atoms with van der Waals surface area (Å²) in [6, 6.07) is 1.81. The SMILES string of the molecule is CC(C)(C)NCc1cc(Br)cnc1OCC(F)F. The van der Waals surface area contributed by atoms with E-state index in [1.54, 1.807) is 0 Å². The summed E-state index contributed by atoms with van der Waals surface area (Å²) < 4.78 is 30.0. The zero-order valence-corrected chi connectivity index (χ0v) is 12.2. The first-order valence-electron chi connectivity index (χ1n) is 5.58. The van der Waals surface area contributed by atoms with Gasteiger partial charge in [0.05, 0.1) is 0 Å². The standard InChI is InChI=1S/C12H17BrF2N2O/c1-12(2,3)17-5-8-4-9(13)6-16-11(8)18-7-10(14)15/h4,6,10,17H,5,7H2,1-3H3. The zero-order valence-electron chi connectivity index (χ0n) is 10.6. The fraction of sp³-hybridized carbons (Fsp3) is 0.583. The minimum absolute atomic E-state index is 0.0672. The second kappa shape index (κ2) is 6.43. The summed E-state index contributed by atoms with van der Waals surface area (Å²) in [7, 11) is 0. The van der Waals surface area contributed by atoms with Crippen LogP contribution in [-0.4, -0.2) is 23.6 Å². The average Bonchev–Trinajstić information content (AvgIpc) is 2.23. The minimum atomic E-state index is -2.50. The second-order valence-corrected chi connectivity index (χ2v) is 5.84. The number of alkyl halides is 2. The van der Waals surface area contributed by atoms with Gasteiger partial charge < -0.3 is 10.1 Å². The van der Waals surface area contributed by atoms with Gasteiger partial charge in [0.25, 0.3) is 6.43 Å². The molecule has 0 fully saturated rings. The van der Waals surface area contributed by atoms with Crippen molar-refractivity contribution in [2.24, 2.45) is 0 Å². The summed E-state index contributed by atoms with van der Waals surface area (Å²) in [5.41, 5.74) is 0.683. The molecule has 18 heavy (non-hydrogen) atoms. The Kier molecular flexibility index (Phi) is 5.47. The van der Waals surface area contributed by atoms with Crippen molar-refractivity contribution in [3.8, 4) is 5.88 Å². The predicted octanol–water partition coefficient (Wildman–Crippen LogP) is 3.38. The van der Waals surface area contributed by atoms with Gasteiger partial charge in [0, 0.05) is 28.3 Å². The normalized spacial score (nSPS) is 11.9. The minimum Gasteiger partial charge on any atom is -0.471 e. The molecule has 0 aliphatic rings. The molecule has 0 spiro atoms. The number of nitrogens with zero attached hydrogens (tertiary/aromatic N) is 1. The maximum Gasteiger partial charge on any atom is 0.272 e. The third kappa shape index (κ3) is 5.73. The molecule has 0 unspecified atom stereocenters. The van der Waals surface area contributed by atoms with Gasteiger partial charge in [-0.25, -0.2) is 13.8 Å². The number of pyridine rings is 1. The van der Waals surface area contributed by atoms with E-state index >= 15 is 0 Å². The van der Waals surface area contributed by atoms with E-state index in [-0.39, 0.29) is 11.4 Å². The molecule has 0 atom stereocenters. The summed E-state index contributed by atoms with van der Waals surface area (Å²) >= 11 is 3.30. The van der Waals surface area contributed by atoms with Gasteiger partial charge in [-0.15, -0.1) is 0 Å². The van der Waals surface area contributed by atoms with Gasteiger partial charge in [-0.2, -0.15) is 0 Å². The lowest BCUT2D eigenvalue weighted by atomic mass is 10.1. The van der Waals surface area contributed by atoms with E-state index in [4.69, 9.17) is 4.74 Å². The van der Waals surface area contributed by atoms with Crippen molar-refractivity contribution in [3.63, 3.8) is 0 Å². The highest BCUT2D eigenvalue weighted by Crippen LogP contribution is 2.21. The first-order valence-corrected chi connectivity index (χ1v) is 6.37. The topological polar surface area (TPSA) is 34.2 Å². The molecule has 1 heterocycles. The van der Waals surface area contributed by atoms with Crippen LogP contribution in [0, 0.1) is 0 Å². The molecule has 0 saturated carbocycles. The molecule has 0 radical (unpaired) electrons. The van der Waals surface area contributed by atoms with Crippen molar-refractivity contribution in [2.75, 3.05) is 6.61 Å². The van der Waals surface area contributed by atoms with Crippen LogP contribution in [0.25, 0.3) is 0 Å². The predicted molar refractivity (Wildman–Crippen MR) is 70.0 cm³/mol. The van der Waals surface area contributed by atoms with Crippen LogP contribution in [0.15, 0.2) is 16.7 Å². The van der Waals surface area contributed by atoms with Crippen molar-refractivity contribution in [3.05, 3.63) is 22.3 Å². The Morgan fingerprint density at radius 2 is 2.11 bits per heavy atom. The van der Waals surface area contributed by atoms with Crippen molar-refractivity contribution in [1.29, 1.82) is 0 Å². The van der Waals surface area contributed by atoms with E-state index in [0.717, 1.165) is 10.0 Å². The zero-order chi connectivity index (χ0) is 13.8. The Balaban J connectivity index is 2.76. The highest BCUT2D eigenvalue weighted by Gasteiger charge is 2.13. The lowest BCUT2D eigenvalue weighted by Gasteiger charge is -2.21. The van der Waals surface area contributed by atoms with Crippen LogP contribution in [0.4, 0.5) is 8.78 Å². The van der Waals surface area contributed by atoms with Crippen LogP contribution in [-0.2, 0) is 6.54 Å². The average molecular weight is 323 g/mol. The molecule has 1 rings (SSSR count). The van der Waals surface area contributed by atoms with Gasteiger partial charge in [-0.05, 0) is 42.8 Å². The van der Waals surface area contributed by atoms with Crippen molar-refractivity contribution in [1.82, 2.24) is 10.3 Å². The number of nitrogens with one attached hydrogen (secondary N) is 1. The molecule has 102 valence electrons. The lowest BCUT2D eigenvalue weighted by molar-refractivity contribution is 0.0789. The van der Waals surface area contributed by atoms with E-state index < -0.39 is 13.0 Å². The largest absolute Gasteiger partial charge is 0.471 e. The summed E-state index contributed by atoms with van der Waals surface area (Å²) in [5, 5.41) is 3.27. The molecule has 0 bridgehead atoms. The monoisotopic (exact) mass is 322 g/mol. The van der Waals surface area contributed by atoms with Gasteiger partial charge in [0.2, 0.25) is 5.88 Å². The Morgan fingerprint density at radius 3 is 2.67 bits per heavy atom. The maximum atomic E-state index is 12.1. The second-order valence-electron chi connectivity index (χ2n) is 4.92. The van der Waals surface area contributed by atoms with Crippen LogP contribution in [0.3, 0.4) is 0 Å². The van der Waals surface area contributed by atoms with E-state index in [0.29, 0.717) is 6.54 Å². The van der Waals surface area contributed by atoms with E-state index in [2.05, 4.69) is 26.2 Å². The lowest BCUT2D eigenvalue weighted by Crippen LogP contribution is -2.35. The summed E-state index contributed by atoms with van der Waals surface area (Å²) in [5.74, 6) is 0.246. The van der Waals surface area contributed by atoms with Gasteiger partial charge >= 0.3 is 0 Å². The van der Waals surface area contributed by atoms with E-state index in [1.807, 2.05) is 26.8 Å². The molecule has 0 aromatic carbocycles. The molecule has 1 N–H and O–H groups in total. The smallest absolute Gasteiger partial charge is 0.272 e. The van der Waals surface area contributed by atoms with Crippen LogP contribution in [0.1, 0.15) is 26.3 Å². The number of hydrogen-bond acceptors (Lipinski definition) is 3. The summed E-state index contributed by atoms with van der Waals surface area (Å²) in [4.78, 5) is 4.01. The van der Waals surface area contributed by atoms with Crippen LogP contribution >= 0.6 is 15.9 Å². The Labute approximate surface area is 114 Å². The third-order valence-corrected chi connectivity index (χ3v) is 2.48. The van der Waals surface area contributed by atoms with Crippen LogP contribution < -0.4 is 10.1 Å². The number of ether oxygens (including phenoxy) is 1. The fourth-order valence-corrected chi connectivity index (χ4v) is 1.61. The number of halogens is 3. The summed E-state index contributed by atoms with van der Waals surface area (Å²) in [6.45, 7) is 5.94. The number of rotatable bonds is 5. The molecule has 1 aromatic heterocycles. The van der Waals surface area contributed by atoms with Gasteiger partial charge in [-0.3, -0.25) is 0 Å². The first-order chi connectivity index (χ1) is 8.28. The van der Waals surface area contributed by atoms with Gasteiger partial charge in [-0.1, -0.05) is 0 Å². The van der Waals surface area contributed by atoms with Gasteiger partial charge in [0.15, 0.2) is 6.61 Å².